The molecule has 6 heteroatoms. The number of halogens is 2. The van der Waals surface area contributed by atoms with Crippen molar-refractivity contribution in [1.82, 2.24) is 4.90 Å². The van der Waals surface area contributed by atoms with Crippen molar-refractivity contribution in [3.63, 3.8) is 0 Å². The molecule has 0 saturated carbocycles. The molecule has 3 fully saturated rings. The summed E-state index contributed by atoms with van der Waals surface area (Å²) in [5, 5.41) is 0. The molecule has 1 aromatic rings. The minimum absolute atomic E-state index is 0.0261. The van der Waals surface area contributed by atoms with Gasteiger partial charge >= 0.3 is 0 Å². The van der Waals surface area contributed by atoms with Crippen LogP contribution in [0.25, 0.3) is 0 Å². The van der Waals surface area contributed by atoms with E-state index >= 15 is 0 Å². The summed E-state index contributed by atoms with van der Waals surface area (Å²) in [7, 11) is 0. The molecular weight excluding hydrogens is 292 g/mol. The molecule has 0 aliphatic carbocycles. The number of rotatable bonds is 1. The second-order valence-electron chi connectivity index (χ2n) is 6.19. The van der Waals surface area contributed by atoms with Crippen LogP contribution in [0.15, 0.2) is 18.2 Å². The molecule has 3 heterocycles. The first-order chi connectivity index (χ1) is 10.6. The fourth-order valence-electron chi connectivity index (χ4n) is 3.89. The summed E-state index contributed by atoms with van der Waals surface area (Å²) in [6.45, 7) is 3.94. The fourth-order valence-corrected chi connectivity index (χ4v) is 3.89. The van der Waals surface area contributed by atoms with Crippen LogP contribution in [-0.2, 0) is 14.2 Å². The Morgan fingerprint density at radius 2 is 2.00 bits per heavy atom. The average Bonchev–Trinajstić information content (AvgIpc) is 3.05. The lowest BCUT2D eigenvalue weighted by atomic mass is 9.90. The minimum Gasteiger partial charge on any atom is -0.354 e. The van der Waals surface area contributed by atoms with Gasteiger partial charge < -0.3 is 14.2 Å². The van der Waals surface area contributed by atoms with E-state index in [9.17, 15) is 8.78 Å². The SMILES string of the molecule is CC1OC(c2ccc(F)cc2F)C2CC3(CCN12)OCCO3. The molecule has 3 aliphatic heterocycles. The highest BCUT2D eigenvalue weighted by atomic mass is 19.1. The second kappa shape index (κ2) is 5.23. The summed E-state index contributed by atoms with van der Waals surface area (Å²) in [5.41, 5.74) is 0.399. The van der Waals surface area contributed by atoms with Gasteiger partial charge in [-0.15, -0.1) is 0 Å². The van der Waals surface area contributed by atoms with Gasteiger partial charge in [-0.05, 0) is 13.0 Å². The highest BCUT2D eigenvalue weighted by molar-refractivity contribution is 5.24. The number of hydrogen-bond donors (Lipinski definition) is 0. The molecular formula is C16H19F2NO3. The average molecular weight is 311 g/mol. The first kappa shape index (κ1) is 14.5. The van der Waals surface area contributed by atoms with Gasteiger partial charge in [0, 0.05) is 37.1 Å². The molecule has 0 aromatic heterocycles. The highest BCUT2D eigenvalue weighted by Gasteiger charge is 2.52. The van der Waals surface area contributed by atoms with Gasteiger partial charge in [-0.25, -0.2) is 8.78 Å². The van der Waals surface area contributed by atoms with E-state index in [1.807, 2.05) is 6.92 Å². The van der Waals surface area contributed by atoms with Crippen molar-refractivity contribution >= 4 is 0 Å². The van der Waals surface area contributed by atoms with E-state index < -0.39 is 23.5 Å². The molecule has 3 saturated heterocycles. The monoisotopic (exact) mass is 311 g/mol. The third-order valence-electron chi connectivity index (χ3n) is 4.94. The summed E-state index contributed by atoms with van der Waals surface area (Å²) in [6.07, 6.45) is 0.896. The van der Waals surface area contributed by atoms with Crippen molar-refractivity contribution in [1.29, 1.82) is 0 Å². The molecule has 4 rings (SSSR count). The summed E-state index contributed by atoms with van der Waals surface area (Å²) in [5.74, 6) is -1.71. The van der Waals surface area contributed by atoms with Gasteiger partial charge in [0.25, 0.3) is 0 Å². The van der Waals surface area contributed by atoms with Gasteiger partial charge in [0.2, 0.25) is 0 Å². The van der Waals surface area contributed by atoms with Gasteiger partial charge in [-0.3, -0.25) is 4.90 Å². The number of fused-ring (bicyclic) bond motifs is 1. The molecule has 4 nitrogen and oxygen atoms in total. The van der Waals surface area contributed by atoms with E-state index in [2.05, 4.69) is 4.90 Å². The molecule has 1 aromatic carbocycles. The van der Waals surface area contributed by atoms with Crippen LogP contribution in [0.5, 0.6) is 0 Å². The molecule has 0 N–H and O–H groups in total. The Morgan fingerprint density at radius 3 is 2.73 bits per heavy atom. The summed E-state index contributed by atoms with van der Waals surface area (Å²) < 4.78 is 44.9. The zero-order chi connectivity index (χ0) is 15.3. The topological polar surface area (TPSA) is 30.9 Å². The second-order valence-corrected chi connectivity index (χ2v) is 6.19. The third kappa shape index (κ3) is 2.25. The minimum atomic E-state index is -0.577. The van der Waals surface area contributed by atoms with Crippen LogP contribution < -0.4 is 0 Å². The highest BCUT2D eigenvalue weighted by Crippen LogP contribution is 2.45. The standard InChI is InChI=1S/C16H19F2NO3/c1-10-19-5-4-16(20-6-7-21-16)9-14(19)15(22-10)12-3-2-11(17)8-13(12)18/h2-3,8,10,14-15H,4-7,9H2,1H3. The quantitative estimate of drug-likeness (QED) is 0.798. The maximum atomic E-state index is 14.2. The van der Waals surface area contributed by atoms with Crippen molar-refractivity contribution in [2.45, 2.75) is 43.9 Å². The Kier molecular flexibility index (Phi) is 3.45. The van der Waals surface area contributed by atoms with Gasteiger partial charge in [-0.2, -0.15) is 0 Å². The lowest BCUT2D eigenvalue weighted by Crippen LogP contribution is -2.51. The van der Waals surface area contributed by atoms with Gasteiger partial charge in [0.05, 0.1) is 13.2 Å². The van der Waals surface area contributed by atoms with Crippen LogP contribution in [0.4, 0.5) is 8.78 Å². The van der Waals surface area contributed by atoms with E-state index in [0.29, 0.717) is 25.2 Å². The molecule has 22 heavy (non-hydrogen) atoms. The fraction of sp³-hybridized carbons (Fsp3) is 0.625. The van der Waals surface area contributed by atoms with E-state index in [1.165, 1.54) is 12.1 Å². The Bertz CT molecular complexity index is 577. The van der Waals surface area contributed by atoms with Crippen LogP contribution in [0.1, 0.15) is 31.4 Å². The lowest BCUT2D eigenvalue weighted by Gasteiger charge is -2.41. The molecule has 1 spiro atoms. The predicted octanol–water partition coefficient (Wildman–Crippen LogP) is 2.59. The van der Waals surface area contributed by atoms with Crippen LogP contribution in [0.3, 0.4) is 0 Å². The zero-order valence-electron chi connectivity index (χ0n) is 12.4. The van der Waals surface area contributed by atoms with Gasteiger partial charge in [-0.1, -0.05) is 6.07 Å². The molecule has 120 valence electrons. The first-order valence-electron chi connectivity index (χ1n) is 7.72. The van der Waals surface area contributed by atoms with Crippen molar-refractivity contribution in [3.8, 4) is 0 Å². The van der Waals surface area contributed by atoms with Crippen LogP contribution in [-0.4, -0.2) is 42.7 Å². The molecule has 0 bridgehead atoms. The number of hydrogen-bond acceptors (Lipinski definition) is 4. The van der Waals surface area contributed by atoms with Crippen LogP contribution in [0.2, 0.25) is 0 Å². The normalized spacial score (nSPS) is 34.2. The van der Waals surface area contributed by atoms with Crippen LogP contribution >= 0.6 is 0 Å². The van der Waals surface area contributed by atoms with Crippen molar-refractivity contribution in [3.05, 3.63) is 35.4 Å². The molecule has 0 amide bonds. The lowest BCUT2D eigenvalue weighted by molar-refractivity contribution is -0.195. The van der Waals surface area contributed by atoms with E-state index in [1.54, 1.807) is 0 Å². The number of benzene rings is 1. The van der Waals surface area contributed by atoms with Gasteiger partial charge in [0.15, 0.2) is 5.79 Å². The summed E-state index contributed by atoms with van der Waals surface area (Å²) in [4.78, 5) is 2.21. The summed E-state index contributed by atoms with van der Waals surface area (Å²) >= 11 is 0. The van der Waals surface area contributed by atoms with Crippen molar-refractivity contribution < 1.29 is 23.0 Å². The van der Waals surface area contributed by atoms with Gasteiger partial charge in [0.1, 0.15) is 24.0 Å². The molecule has 3 atom stereocenters. The third-order valence-corrected chi connectivity index (χ3v) is 4.94. The van der Waals surface area contributed by atoms with E-state index in [0.717, 1.165) is 19.0 Å². The number of piperidine rings is 1. The number of nitrogens with zero attached hydrogens (tertiary/aromatic N) is 1. The maximum Gasteiger partial charge on any atom is 0.171 e. The Morgan fingerprint density at radius 1 is 1.23 bits per heavy atom. The van der Waals surface area contributed by atoms with E-state index in [-0.39, 0.29) is 12.3 Å². The molecule has 0 radical (unpaired) electrons. The largest absolute Gasteiger partial charge is 0.354 e. The smallest absolute Gasteiger partial charge is 0.171 e. The van der Waals surface area contributed by atoms with Crippen LogP contribution in [0, 0.1) is 11.6 Å². The Balaban J connectivity index is 1.65. The van der Waals surface area contributed by atoms with Crippen molar-refractivity contribution in [2.75, 3.05) is 19.8 Å². The Labute approximate surface area is 127 Å². The first-order valence-corrected chi connectivity index (χ1v) is 7.72. The predicted molar refractivity (Wildman–Crippen MR) is 74.0 cm³/mol. The summed E-state index contributed by atoms with van der Waals surface area (Å²) in [6, 6.07) is 3.63. The molecule has 3 unspecified atom stereocenters. The maximum absolute atomic E-state index is 14.2. The zero-order valence-corrected chi connectivity index (χ0v) is 12.4. The van der Waals surface area contributed by atoms with E-state index in [4.69, 9.17) is 14.2 Å². The Hall–Kier alpha value is -1.08. The van der Waals surface area contributed by atoms with Crippen molar-refractivity contribution in [2.24, 2.45) is 0 Å². The number of ether oxygens (including phenoxy) is 3. The molecule has 3 aliphatic rings.